The third-order valence-electron chi connectivity index (χ3n) is 4.17. The van der Waals surface area contributed by atoms with Crippen molar-refractivity contribution >= 4 is 39.2 Å². The van der Waals surface area contributed by atoms with Crippen molar-refractivity contribution in [3.8, 4) is 11.5 Å². The number of aryl methyl sites for hydroxylation is 2. The lowest BCUT2D eigenvalue weighted by Crippen LogP contribution is -2.18. The van der Waals surface area contributed by atoms with Gasteiger partial charge in [0.1, 0.15) is 0 Å². The molecule has 0 atom stereocenters. The number of rotatable bonds is 4. The van der Waals surface area contributed by atoms with E-state index in [0.29, 0.717) is 17.1 Å². The van der Waals surface area contributed by atoms with Gasteiger partial charge in [-0.3, -0.25) is 4.79 Å². The molecule has 0 fully saturated rings. The van der Waals surface area contributed by atoms with Gasteiger partial charge in [0, 0.05) is 17.9 Å². The molecule has 0 radical (unpaired) electrons. The van der Waals surface area contributed by atoms with Crippen molar-refractivity contribution in [2.45, 2.75) is 13.5 Å². The number of nitrogens with zero attached hydrogens (tertiary/aromatic N) is 2. The summed E-state index contributed by atoms with van der Waals surface area (Å²) in [5.41, 5.74) is 2.82. The zero-order chi connectivity index (χ0) is 18.1. The van der Waals surface area contributed by atoms with E-state index in [9.17, 15) is 4.79 Å². The van der Waals surface area contributed by atoms with Crippen LogP contribution in [0.15, 0.2) is 41.4 Å². The number of benzene rings is 2. The Balaban J connectivity index is 1.77. The fourth-order valence-electron chi connectivity index (χ4n) is 2.85. The molecule has 1 amide bonds. The van der Waals surface area contributed by atoms with Crippen molar-refractivity contribution in [3.63, 3.8) is 0 Å². The van der Waals surface area contributed by atoms with Crippen molar-refractivity contribution in [3.05, 3.63) is 52.3 Å². The lowest BCUT2D eigenvalue weighted by molar-refractivity contribution is 0.0997. The lowest BCUT2D eigenvalue weighted by atomic mass is 10.2. The Morgan fingerprint density at radius 1 is 1.23 bits per heavy atom. The molecule has 1 aromatic heterocycles. The average Bonchev–Trinajstić information content (AvgIpc) is 3.23. The van der Waals surface area contributed by atoms with Crippen LogP contribution >= 0.6 is 23.1 Å². The number of thioether (sulfide) groups is 1. The van der Waals surface area contributed by atoms with Crippen LogP contribution in [-0.2, 0) is 6.54 Å². The first-order valence-corrected chi connectivity index (χ1v) is 10.4. The second kappa shape index (κ2) is 7.17. The molecule has 26 heavy (non-hydrogen) atoms. The minimum absolute atomic E-state index is 0.189. The number of hydrogen-bond acceptors (Lipinski definition) is 5. The summed E-state index contributed by atoms with van der Waals surface area (Å²) in [6, 6.07) is 11.5. The number of fused-ring (bicyclic) bond motifs is 2. The maximum Gasteiger partial charge on any atom is 0.279 e. The lowest BCUT2D eigenvalue weighted by Gasteiger charge is -2.04. The molecule has 2 heterocycles. The smallest absolute Gasteiger partial charge is 0.279 e. The molecule has 7 heteroatoms. The van der Waals surface area contributed by atoms with E-state index in [1.807, 2.05) is 0 Å². The van der Waals surface area contributed by atoms with Gasteiger partial charge in [-0.05, 0) is 49.1 Å². The van der Waals surface area contributed by atoms with Crippen LogP contribution in [0, 0.1) is 6.92 Å². The molecule has 3 aromatic rings. The van der Waals surface area contributed by atoms with Gasteiger partial charge in [-0.25, -0.2) is 0 Å². The highest BCUT2D eigenvalue weighted by Crippen LogP contribution is 2.32. The van der Waals surface area contributed by atoms with Gasteiger partial charge in [0.25, 0.3) is 5.91 Å². The van der Waals surface area contributed by atoms with E-state index in [-0.39, 0.29) is 12.7 Å². The molecule has 0 saturated carbocycles. The molecular weight excluding hydrogens is 368 g/mol. The van der Waals surface area contributed by atoms with Gasteiger partial charge in [-0.15, -0.1) is 0 Å². The van der Waals surface area contributed by atoms with Gasteiger partial charge in [0.2, 0.25) is 6.79 Å². The molecule has 0 N–H and O–H groups in total. The van der Waals surface area contributed by atoms with Crippen molar-refractivity contribution in [2.24, 2.45) is 4.99 Å². The van der Waals surface area contributed by atoms with Crippen LogP contribution in [0.1, 0.15) is 15.9 Å². The summed E-state index contributed by atoms with van der Waals surface area (Å²) in [7, 11) is 0. The summed E-state index contributed by atoms with van der Waals surface area (Å²) in [5, 5.41) is 0. The molecule has 1 aliphatic heterocycles. The summed E-state index contributed by atoms with van der Waals surface area (Å²) in [6.07, 6.45) is 2.08. The number of thiazole rings is 1. The third-order valence-corrected chi connectivity index (χ3v) is 5.81. The van der Waals surface area contributed by atoms with E-state index in [4.69, 9.17) is 9.47 Å². The van der Waals surface area contributed by atoms with Gasteiger partial charge in [0.15, 0.2) is 16.3 Å². The second-order valence-electron chi connectivity index (χ2n) is 5.99. The molecule has 0 unspecified atom stereocenters. The molecule has 0 aliphatic carbocycles. The Morgan fingerprint density at radius 2 is 2.08 bits per heavy atom. The molecule has 0 spiro atoms. The van der Waals surface area contributed by atoms with Gasteiger partial charge in [-0.2, -0.15) is 16.8 Å². The van der Waals surface area contributed by atoms with Crippen LogP contribution in [0.4, 0.5) is 0 Å². The predicted molar refractivity (Wildman–Crippen MR) is 105 cm³/mol. The molecule has 4 rings (SSSR count). The number of carbonyl (C=O) groups is 1. The normalized spacial score (nSPS) is 13.5. The monoisotopic (exact) mass is 386 g/mol. The van der Waals surface area contributed by atoms with E-state index >= 15 is 0 Å². The first-order valence-electron chi connectivity index (χ1n) is 8.23. The highest BCUT2D eigenvalue weighted by molar-refractivity contribution is 7.98. The van der Waals surface area contributed by atoms with Crippen LogP contribution in [0.5, 0.6) is 11.5 Å². The number of aromatic nitrogens is 1. The van der Waals surface area contributed by atoms with Crippen LogP contribution < -0.4 is 14.3 Å². The van der Waals surface area contributed by atoms with Gasteiger partial charge in [-0.1, -0.05) is 17.4 Å². The third kappa shape index (κ3) is 3.24. The van der Waals surface area contributed by atoms with E-state index in [2.05, 4.69) is 40.9 Å². The summed E-state index contributed by atoms with van der Waals surface area (Å²) in [5.74, 6) is 1.94. The molecule has 5 nitrogen and oxygen atoms in total. The first kappa shape index (κ1) is 17.2. The van der Waals surface area contributed by atoms with Crippen LogP contribution in [0.2, 0.25) is 0 Å². The van der Waals surface area contributed by atoms with Crippen LogP contribution in [-0.4, -0.2) is 29.3 Å². The zero-order valence-electron chi connectivity index (χ0n) is 14.5. The second-order valence-corrected chi connectivity index (χ2v) is 7.98. The number of carbonyl (C=O) groups excluding carboxylic acids is 1. The van der Waals surface area contributed by atoms with E-state index in [1.165, 1.54) is 5.56 Å². The topological polar surface area (TPSA) is 52.8 Å². The van der Waals surface area contributed by atoms with E-state index in [1.54, 1.807) is 41.3 Å². The maximum absolute atomic E-state index is 12.7. The Kier molecular flexibility index (Phi) is 4.74. The number of hydrogen-bond donors (Lipinski definition) is 0. The predicted octanol–water partition coefficient (Wildman–Crippen LogP) is 3.84. The summed E-state index contributed by atoms with van der Waals surface area (Å²) < 4.78 is 13.9. The number of ether oxygens (including phenoxy) is 2. The van der Waals surface area contributed by atoms with Crippen molar-refractivity contribution < 1.29 is 14.3 Å². The SMILES string of the molecule is CSCCn1c(=NC(=O)c2ccc3c(c2)OCO3)sc2cc(C)ccc21. The summed E-state index contributed by atoms with van der Waals surface area (Å²) in [6.45, 7) is 3.08. The van der Waals surface area contributed by atoms with E-state index < -0.39 is 0 Å². The highest BCUT2D eigenvalue weighted by atomic mass is 32.2. The van der Waals surface area contributed by atoms with Gasteiger partial charge < -0.3 is 14.0 Å². The van der Waals surface area contributed by atoms with Crippen LogP contribution in [0.3, 0.4) is 0 Å². The molecule has 0 bridgehead atoms. The standard InChI is InChI=1S/C19H18N2O3S2/c1-12-3-5-14-17(9-12)26-19(21(14)7-8-25-2)20-18(22)13-4-6-15-16(10-13)24-11-23-15/h3-6,9-10H,7-8,11H2,1-2H3. The largest absolute Gasteiger partial charge is 0.454 e. The Bertz CT molecular complexity index is 1050. The average molecular weight is 386 g/mol. The molecule has 2 aromatic carbocycles. The quantitative estimate of drug-likeness (QED) is 0.684. The first-order chi connectivity index (χ1) is 12.7. The minimum Gasteiger partial charge on any atom is -0.454 e. The van der Waals surface area contributed by atoms with Gasteiger partial charge >= 0.3 is 0 Å². The minimum atomic E-state index is -0.274. The van der Waals surface area contributed by atoms with E-state index in [0.717, 1.165) is 27.3 Å². The molecule has 1 aliphatic rings. The van der Waals surface area contributed by atoms with Gasteiger partial charge in [0.05, 0.1) is 10.2 Å². The summed E-state index contributed by atoms with van der Waals surface area (Å²) in [4.78, 5) is 17.8. The molecule has 134 valence electrons. The maximum atomic E-state index is 12.7. The fraction of sp³-hybridized carbons (Fsp3) is 0.263. The zero-order valence-corrected chi connectivity index (χ0v) is 16.2. The highest BCUT2D eigenvalue weighted by Gasteiger charge is 2.16. The Labute approximate surface area is 159 Å². The van der Waals surface area contributed by atoms with Crippen molar-refractivity contribution in [1.82, 2.24) is 4.57 Å². The molecule has 0 saturated heterocycles. The molecular formula is C19H18N2O3S2. The summed E-state index contributed by atoms with van der Waals surface area (Å²) >= 11 is 3.32. The Morgan fingerprint density at radius 3 is 2.92 bits per heavy atom. The Hall–Kier alpha value is -2.25. The van der Waals surface area contributed by atoms with Crippen molar-refractivity contribution in [1.29, 1.82) is 0 Å². The van der Waals surface area contributed by atoms with Crippen LogP contribution in [0.25, 0.3) is 10.2 Å². The fourth-order valence-corrected chi connectivity index (χ4v) is 4.36. The number of amides is 1. The van der Waals surface area contributed by atoms with Crippen molar-refractivity contribution in [2.75, 3.05) is 18.8 Å².